The van der Waals surface area contributed by atoms with Gasteiger partial charge in [-0.1, -0.05) is 66.2 Å². The second-order valence-electron chi connectivity index (χ2n) is 8.22. The van der Waals surface area contributed by atoms with Gasteiger partial charge in [0.1, 0.15) is 16.9 Å². The summed E-state index contributed by atoms with van der Waals surface area (Å²) >= 11 is 6.30. The number of para-hydroxylation sites is 2. The van der Waals surface area contributed by atoms with Gasteiger partial charge >= 0.3 is 5.97 Å². The third-order valence-electron chi connectivity index (χ3n) is 5.99. The Kier molecular flexibility index (Phi) is 6.40. The van der Waals surface area contributed by atoms with E-state index in [9.17, 15) is 9.59 Å². The van der Waals surface area contributed by atoms with Crippen LogP contribution in [0.1, 0.15) is 46.2 Å². The number of nitrogens with zero attached hydrogens (tertiary/aromatic N) is 3. The molecule has 0 aliphatic carbocycles. The van der Waals surface area contributed by atoms with Gasteiger partial charge in [0.2, 0.25) is 0 Å². The summed E-state index contributed by atoms with van der Waals surface area (Å²) in [7, 11) is 0. The van der Waals surface area contributed by atoms with Gasteiger partial charge < -0.3 is 14.6 Å². The molecule has 0 saturated heterocycles. The molecule has 7 nitrogen and oxygen atoms in total. The standard InChI is InChI=1S/C28H23ClN4O3/c1-3-36-28(35)23-24-26(31-22-16-10-9-15-21(22)30-24)33(17(2)18-11-5-4-6-12-18)25(23)32-27(34)19-13-7-8-14-20(19)29/h4-17H,3H2,1-2H3,(H,32,34)/t17-/m0/s1. The number of carbonyl (C=O) groups excluding carboxylic acids is 2. The fourth-order valence-electron chi connectivity index (χ4n) is 4.26. The molecule has 2 aromatic heterocycles. The minimum Gasteiger partial charge on any atom is -0.462 e. The smallest absolute Gasteiger partial charge is 0.344 e. The molecule has 0 fully saturated rings. The first-order chi connectivity index (χ1) is 17.5. The van der Waals surface area contributed by atoms with Crippen LogP contribution in [-0.4, -0.2) is 33.0 Å². The lowest BCUT2D eigenvalue weighted by atomic mass is 10.1. The molecular weight excluding hydrogens is 476 g/mol. The van der Waals surface area contributed by atoms with Gasteiger partial charge in [-0.3, -0.25) is 4.79 Å². The summed E-state index contributed by atoms with van der Waals surface area (Å²) in [6.45, 7) is 3.87. The SMILES string of the molecule is CCOC(=O)c1c(NC(=O)c2ccccc2Cl)n([C@@H](C)c2ccccc2)c2nc3ccccc3nc12. The van der Waals surface area contributed by atoms with Gasteiger partial charge in [0.15, 0.2) is 5.65 Å². The van der Waals surface area contributed by atoms with Gasteiger partial charge in [-0.15, -0.1) is 0 Å². The number of hydrogen-bond donors (Lipinski definition) is 1. The average Bonchev–Trinajstić information content (AvgIpc) is 3.20. The number of anilines is 1. The van der Waals surface area contributed by atoms with Crippen molar-refractivity contribution in [2.24, 2.45) is 0 Å². The minimum absolute atomic E-state index is 0.147. The quantitative estimate of drug-likeness (QED) is 0.278. The lowest BCUT2D eigenvalue weighted by molar-refractivity contribution is 0.0529. The first kappa shape index (κ1) is 23.5. The molecule has 0 spiro atoms. The van der Waals surface area contributed by atoms with Gasteiger partial charge in [0, 0.05) is 0 Å². The van der Waals surface area contributed by atoms with Crippen LogP contribution < -0.4 is 5.32 Å². The van der Waals surface area contributed by atoms with E-state index in [1.807, 2.05) is 66.1 Å². The highest BCUT2D eigenvalue weighted by Crippen LogP contribution is 2.36. The Morgan fingerprint density at radius 2 is 1.58 bits per heavy atom. The van der Waals surface area contributed by atoms with Crippen molar-refractivity contribution in [2.75, 3.05) is 11.9 Å². The molecule has 1 atom stereocenters. The summed E-state index contributed by atoms with van der Waals surface area (Å²) in [5, 5.41) is 3.23. The number of ether oxygens (including phenoxy) is 1. The molecule has 0 saturated carbocycles. The van der Waals surface area contributed by atoms with Crippen molar-refractivity contribution < 1.29 is 14.3 Å². The van der Waals surface area contributed by atoms with E-state index in [2.05, 4.69) is 5.32 Å². The summed E-state index contributed by atoms with van der Waals surface area (Å²) < 4.78 is 7.23. The second-order valence-corrected chi connectivity index (χ2v) is 8.63. The summed E-state index contributed by atoms with van der Waals surface area (Å²) in [5.74, 6) is -0.805. The molecule has 0 aliphatic rings. The lowest BCUT2D eigenvalue weighted by Crippen LogP contribution is -2.20. The maximum atomic E-state index is 13.4. The summed E-state index contributed by atoms with van der Waals surface area (Å²) in [6, 6.07) is 23.6. The largest absolute Gasteiger partial charge is 0.462 e. The average molecular weight is 499 g/mol. The fourth-order valence-corrected chi connectivity index (χ4v) is 4.48. The number of carbonyl (C=O) groups is 2. The van der Waals surface area contributed by atoms with Crippen LogP contribution in [0.3, 0.4) is 0 Å². The summed E-state index contributed by atoms with van der Waals surface area (Å²) in [5.41, 5.74) is 3.50. The third-order valence-corrected chi connectivity index (χ3v) is 6.32. The van der Waals surface area contributed by atoms with Crippen LogP contribution in [0, 0.1) is 0 Å². The number of hydrogen-bond acceptors (Lipinski definition) is 5. The predicted molar refractivity (Wildman–Crippen MR) is 141 cm³/mol. The first-order valence-corrected chi connectivity index (χ1v) is 12.0. The Labute approximate surface area is 212 Å². The van der Waals surface area contributed by atoms with Crippen LogP contribution in [0.5, 0.6) is 0 Å². The van der Waals surface area contributed by atoms with Crippen molar-refractivity contribution in [1.29, 1.82) is 0 Å². The Morgan fingerprint density at radius 1 is 0.944 bits per heavy atom. The normalized spacial score (nSPS) is 12.0. The molecule has 5 aromatic rings. The highest BCUT2D eigenvalue weighted by molar-refractivity contribution is 6.34. The van der Waals surface area contributed by atoms with Gasteiger partial charge in [-0.2, -0.15) is 0 Å². The van der Waals surface area contributed by atoms with Crippen molar-refractivity contribution in [3.8, 4) is 0 Å². The van der Waals surface area contributed by atoms with Crippen LogP contribution in [0.4, 0.5) is 5.82 Å². The molecule has 180 valence electrons. The number of fused-ring (bicyclic) bond motifs is 2. The Bertz CT molecular complexity index is 1600. The molecule has 36 heavy (non-hydrogen) atoms. The Hall–Kier alpha value is -4.23. The van der Waals surface area contributed by atoms with E-state index >= 15 is 0 Å². The Morgan fingerprint density at radius 3 is 2.28 bits per heavy atom. The van der Waals surface area contributed by atoms with Crippen LogP contribution >= 0.6 is 11.6 Å². The van der Waals surface area contributed by atoms with Crippen molar-refractivity contribution >= 4 is 51.5 Å². The maximum Gasteiger partial charge on any atom is 0.344 e. The number of halogens is 1. The lowest BCUT2D eigenvalue weighted by Gasteiger charge is -2.20. The molecule has 3 aromatic carbocycles. The number of aromatic nitrogens is 3. The zero-order valence-electron chi connectivity index (χ0n) is 19.7. The molecular formula is C28H23ClN4O3. The highest BCUT2D eigenvalue weighted by atomic mass is 35.5. The number of rotatable bonds is 6. The van der Waals surface area contributed by atoms with Crippen molar-refractivity contribution in [3.05, 3.63) is 101 Å². The molecule has 0 aliphatic heterocycles. The third kappa shape index (κ3) is 4.18. The maximum absolute atomic E-state index is 13.4. The predicted octanol–water partition coefficient (Wildman–Crippen LogP) is 6.28. The van der Waals surface area contributed by atoms with E-state index in [1.54, 1.807) is 31.2 Å². The number of amides is 1. The van der Waals surface area contributed by atoms with E-state index < -0.39 is 11.9 Å². The van der Waals surface area contributed by atoms with Gasteiger partial charge in [0.05, 0.1) is 34.3 Å². The van der Waals surface area contributed by atoms with Crippen LogP contribution in [-0.2, 0) is 4.74 Å². The fraction of sp³-hybridized carbons (Fsp3) is 0.143. The van der Waals surface area contributed by atoms with E-state index in [1.165, 1.54) is 0 Å². The van der Waals surface area contributed by atoms with Crippen LogP contribution in [0.2, 0.25) is 5.02 Å². The number of benzene rings is 3. The molecule has 8 heteroatoms. The molecule has 1 N–H and O–H groups in total. The molecule has 0 radical (unpaired) electrons. The number of esters is 1. The topological polar surface area (TPSA) is 86.1 Å². The molecule has 1 amide bonds. The molecule has 0 unspecified atom stereocenters. The first-order valence-electron chi connectivity index (χ1n) is 11.6. The zero-order valence-corrected chi connectivity index (χ0v) is 20.5. The minimum atomic E-state index is -0.597. The van der Waals surface area contributed by atoms with Gasteiger partial charge in [0.25, 0.3) is 5.91 Å². The van der Waals surface area contributed by atoms with Crippen molar-refractivity contribution in [3.63, 3.8) is 0 Å². The zero-order chi connectivity index (χ0) is 25.2. The second kappa shape index (κ2) is 9.79. The van der Waals surface area contributed by atoms with Gasteiger partial charge in [-0.25, -0.2) is 14.8 Å². The molecule has 5 rings (SSSR count). The summed E-state index contributed by atoms with van der Waals surface area (Å²) in [4.78, 5) is 36.3. The number of nitrogens with one attached hydrogen (secondary N) is 1. The van der Waals surface area contributed by atoms with Crippen molar-refractivity contribution in [1.82, 2.24) is 14.5 Å². The van der Waals surface area contributed by atoms with Gasteiger partial charge in [-0.05, 0) is 43.7 Å². The van der Waals surface area contributed by atoms with E-state index in [0.29, 0.717) is 27.2 Å². The van der Waals surface area contributed by atoms with Crippen molar-refractivity contribution in [2.45, 2.75) is 19.9 Å². The van der Waals surface area contributed by atoms with E-state index in [4.69, 9.17) is 26.3 Å². The monoisotopic (exact) mass is 498 g/mol. The highest BCUT2D eigenvalue weighted by Gasteiger charge is 2.30. The summed E-state index contributed by atoms with van der Waals surface area (Å²) in [6.07, 6.45) is 0. The molecule has 0 bridgehead atoms. The van der Waals surface area contributed by atoms with Crippen LogP contribution in [0.25, 0.3) is 22.2 Å². The van der Waals surface area contributed by atoms with E-state index in [-0.39, 0.29) is 29.6 Å². The van der Waals surface area contributed by atoms with Crippen LogP contribution in [0.15, 0.2) is 78.9 Å². The Balaban J connectivity index is 1.81. The van der Waals surface area contributed by atoms with E-state index in [0.717, 1.165) is 5.56 Å². The molecule has 2 heterocycles.